The molecule has 0 bridgehead atoms. The highest BCUT2D eigenvalue weighted by molar-refractivity contribution is 9.10. The van der Waals surface area contributed by atoms with Gasteiger partial charge in [-0.2, -0.15) is 0 Å². The standard InChI is InChI=1S/C15H14BrN3O2/c16-12-5-4-11(14(8-12)19(20)21)9-18-7-6-10-2-1-3-13(17)15(10)18/h1-5,8H,6-7,9,17H2. The topological polar surface area (TPSA) is 72.4 Å². The molecule has 0 amide bonds. The Morgan fingerprint density at radius 2 is 2.14 bits per heavy atom. The number of anilines is 2. The van der Waals surface area contributed by atoms with Gasteiger partial charge in [0.1, 0.15) is 0 Å². The summed E-state index contributed by atoms with van der Waals surface area (Å²) in [5, 5.41) is 11.2. The number of halogens is 1. The van der Waals surface area contributed by atoms with E-state index < -0.39 is 0 Å². The van der Waals surface area contributed by atoms with Crippen LogP contribution in [0.4, 0.5) is 17.1 Å². The Hall–Kier alpha value is -2.08. The van der Waals surface area contributed by atoms with Crippen molar-refractivity contribution in [1.29, 1.82) is 0 Å². The second-order valence-electron chi connectivity index (χ2n) is 5.06. The molecule has 0 aromatic heterocycles. The van der Waals surface area contributed by atoms with Crippen molar-refractivity contribution in [1.82, 2.24) is 0 Å². The van der Waals surface area contributed by atoms with Crippen LogP contribution in [-0.2, 0) is 13.0 Å². The van der Waals surface area contributed by atoms with Crippen molar-refractivity contribution >= 4 is 33.0 Å². The highest BCUT2D eigenvalue weighted by atomic mass is 79.9. The van der Waals surface area contributed by atoms with E-state index in [2.05, 4.69) is 26.9 Å². The van der Waals surface area contributed by atoms with Gasteiger partial charge in [0.15, 0.2) is 0 Å². The van der Waals surface area contributed by atoms with Crippen LogP contribution in [0.15, 0.2) is 40.9 Å². The van der Waals surface area contributed by atoms with E-state index in [9.17, 15) is 10.1 Å². The van der Waals surface area contributed by atoms with Gasteiger partial charge in [-0.25, -0.2) is 0 Å². The van der Waals surface area contributed by atoms with Gasteiger partial charge in [-0.3, -0.25) is 10.1 Å². The first-order valence-corrected chi connectivity index (χ1v) is 7.40. The summed E-state index contributed by atoms with van der Waals surface area (Å²) in [4.78, 5) is 13.0. The van der Waals surface area contributed by atoms with Gasteiger partial charge in [0, 0.05) is 29.2 Å². The fourth-order valence-electron chi connectivity index (χ4n) is 2.77. The van der Waals surface area contributed by atoms with Gasteiger partial charge in [0.2, 0.25) is 0 Å². The zero-order valence-corrected chi connectivity index (χ0v) is 12.8. The predicted octanol–water partition coefficient (Wildman–Crippen LogP) is 3.50. The minimum Gasteiger partial charge on any atom is -0.397 e. The van der Waals surface area contributed by atoms with E-state index in [-0.39, 0.29) is 10.6 Å². The van der Waals surface area contributed by atoms with Crippen LogP contribution in [0.25, 0.3) is 0 Å². The average Bonchev–Trinajstić information content (AvgIpc) is 2.85. The smallest absolute Gasteiger partial charge is 0.275 e. The molecule has 0 radical (unpaired) electrons. The molecule has 0 fully saturated rings. The third kappa shape index (κ3) is 2.58. The van der Waals surface area contributed by atoms with E-state index in [0.29, 0.717) is 16.6 Å². The quantitative estimate of drug-likeness (QED) is 0.523. The molecule has 0 aliphatic carbocycles. The second-order valence-corrected chi connectivity index (χ2v) is 5.97. The summed E-state index contributed by atoms with van der Waals surface area (Å²) in [5.74, 6) is 0. The number of para-hydroxylation sites is 1. The van der Waals surface area contributed by atoms with Crippen molar-refractivity contribution in [2.45, 2.75) is 13.0 Å². The maximum absolute atomic E-state index is 11.2. The first kappa shape index (κ1) is 13.9. The lowest BCUT2D eigenvalue weighted by atomic mass is 10.1. The summed E-state index contributed by atoms with van der Waals surface area (Å²) in [7, 11) is 0. The van der Waals surface area contributed by atoms with Crippen molar-refractivity contribution in [2.24, 2.45) is 0 Å². The Bertz CT molecular complexity index is 718. The number of hydrogen-bond donors (Lipinski definition) is 1. The summed E-state index contributed by atoms with van der Waals surface area (Å²) in [5.41, 5.74) is 9.82. The van der Waals surface area contributed by atoms with Crippen LogP contribution in [0, 0.1) is 10.1 Å². The van der Waals surface area contributed by atoms with Crippen LogP contribution >= 0.6 is 15.9 Å². The molecule has 2 N–H and O–H groups in total. The molecule has 6 heteroatoms. The summed E-state index contributed by atoms with van der Waals surface area (Å²) >= 11 is 3.28. The molecule has 3 rings (SSSR count). The van der Waals surface area contributed by atoms with E-state index >= 15 is 0 Å². The molecule has 1 aliphatic rings. The number of nitrogen functional groups attached to an aromatic ring is 1. The highest BCUT2D eigenvalue weighted by Crippen LogP contribution is 2.36. The van der Waals surface area contributed by atoms with Crippen LogP contribution in [0.1, 0.15) is 11.1 Å². The molecule has 0 atom stereocenters. The third-order valence-electron chi connectivity index (χ3n) is 3.72. The molecule has 2 aromatic carbocycles. The molecular formula is C15H14BrN3O2. The molecule has 0 saturated carbocycles. The Morgan fingerprint density at radius 3 is 2.90 bits per heavy atom. The average molecular weight is 348 g/mol. The zero-order valence-electron chi connectivity index (χ0n) is 11.3. The molecule has 0 spiro atoms. The van der Waals surface area contributed by atoms with E-state index in [1.165, 1.54) is 5.56 Å². The summed E-state index contributed by atoms with van der Waals surface area (Å²) < 4.78 is 0.708. The lowest BCUT2D eigenvalue weighted by Crippen LogP contribution is -2.21. The van der Waals surface area contributed by atoms with Crippen molar-refractivity contribution in [3.63, 3.8) is 0 Å². The van der Waals surface area contributed by atoms with Crippen LogP contribution < -0.4 is 10.6 Å². The molecular weight excluding hydrogens is 334 g/mol. The van der Waals surface area contributed by atoms with Crippen molar-refractivity contribution in [3.8, 4) is 0 Å². The minimum absolute atomic E-state index is 0.132. The number of fused-ring (bicyclic) bond motifs is 1. The number of nitro benzene ring substituents is 1. The molecule has 21 heavy (non-hydrogen) atoms. The summed E-state index contributed by atoms with van der Waals surface area (Å²) in [6.45, 7) is 1.32. The molecule has 5 nitrogen and oxygen atoms in total. The summed E-state index contributed by atoms with van der Waals surface area (Å²) in [6, 6.07) is 11.0. The molecule has 2 aromatic rings. The first-order valence-electron chi connectivity index (χ1n) is 6.61. The predicted molar refractivity (Wildman–Crippen MR) is 86.4 cm³/mol. The lowest BCUT2D eigenvalue weighted by Gasteiger charge is -2.21. The van der Waals surface area contributed by atoms with E-state index in [1.54, 1.807) is 12.1 Å². The molecule has 108 valence electrons. The van der Waals surface area contributed by atoms with E-state index in [0.717, 1.165) is 24.3 Å². The number of hydrogen-bond acceptors (Lipinski definition) is 4. The monoisotopic (exact) mass is 347 g/mol. The van der Waals surface area contributed by atoms with Crippen LogP contribution in [0.3, 0.4) is 0 Å². The van der Waals surface area contributed by atoms with Gasteiger partial charge in [0.05, 0.1) is 16.3 Å². The van der Waals surface area contributed by atoms with Gasteiger partial charge in [-0.15, -0.1) is 0 Å². The zero-order chi connectivity index (χ0) is 15.0. The van der Waals surface area contributed by atoms with Crippen molar-refractivity contribution in [3.05, 3.63) is 62.1 Å². The highest BCUT2D eigenvalue weighted by Gasteiger charge is 2.24. The van der Waals surface area contributed by atoms with Gasteiger partial charge >= 0.3 is 0 Å². The Kier molecular flexibility index (Phi) is 3.55. The first-order chi connectivity index (χ1) is 10.1. The normalized spacial score (nSPS) is 13.3. The fraction of sp³-hybridized carbons (Fsp3) is 0.200. The SMILES string of the molecule is Nc1cccc2c1N(Cc1ccc(Br)cc1[N+](=O)[O-])CC2. The number of rotatable bonds is 3. The number of nitrogens with zero attached hydrogens (tertiary/aromatic N) is 2. The van der Waals surface area contributed by atoms with Crippen LogP contribution in [0.5, 0.6) is 0 Å². The largest absolute Gasteiger partial charge is 0.397 e. The maximum atomic E-state index is 11.2. The number of nitro groups is 1. The third-order valence-corrected chi connectivity index (χ3v) is 4.22. The van der Waals surface area contributed by atoms with Crippen molar-refractivity contribution < 1.29 is 4.92 Å². The second kappa shape index (κ2) is 5.37. The van der Waals surface area contributed by atoms with E-state index in [4.69, 9.17) is 5.73 Å². The Balaban J connectivity index is 1.95. The van der Waals surface area contributed by atoms with Crippen molar-refractivity contribution in [2.75, 3.05) is 17.2 Å². The van der Waals surface area contributed by atoms with Crippen LogP contribution in [0.2, 0.25) is 0 Å². The fourth-order valence-corrected chi connectivity index (χ4v) is 3.12. The Morgan fingerprint density at radius 1 is 1.33 bits per heavy atom. The Labute approximate surface area is 130 Å². The molecule has 0 saturated heterocycles. The van der Waals surface area contributed by atoms with Gasteiger partial charge in [0.25, 0.3) is 5.69 Å². The number of nitrogens with two attached hydrogens (primary N) is 1. The van der Waals surface area contributed by atoms with Gasteiger partial charge in [-0.1, -0.05) is 28.1 Å². The lowest BCUT2D eigenvalue weighted by molar-refractivity contribution is -0.385. The summed E-state index contributed by atoms with van der Waals surface area (Å²) in [6.07, 6.45) is 0.921. The van der Waals surface area contributed by atoms with E-state index in [1.807, 2.05) is 18.2 Å². The minimum atomic E-state index is -0.342. The van der Waals surface area contributed by atoms with Crippen LogP contribution in [-0.4, -0.2) is 11.5 Å². The van der Waals surface area contributed by atoms with Gasteiger partial charge < -0.3 is 10.6 Å². The molecule has 1 aliphatic heterocycles. The molecule has 1 heterocycles. The molecule has 0 unspecified atom stereocenters. The maximum Gasteiger partial charge on any atom is 0.275 e. The number of benzene rings is 2. The van der Waals surface area contributed by atoms with Gasteiger partial charge in [-0.05, 0) is 30.2 Å².